The van der Waals surface area contributed by atoms with E-state index >= 15 is 0 Å². The van der Waals surface area contributed by atoms with Crippen LogP contribution in [0.2, 0.25) is 0 Å². The van der Waals surface area contributed by atoms with Crippen molar-refractivity contribution in [2.75, 3.05) is 13.2 Å². The van der Waals surface area contributed by atoms with Gasteiger partial charge in [0.15, 0.2) is 0 Å². The molecule has 0 spiro atoms. The van der Waals surface area contributed by atoms with Crippen molar-refractivity contribution in [1.29, 1.82) is 0 Å². The lowest BCUT2D eigenvalue weighted by molar-refractivity contribution is -0.139. The van der Waals surface area contributed by atoms with E-state index in [0.717, 1.165) is 37.0 Å². The third kappa shape index (κ3) is 6.91. The Morgan fingerprint density at radius 2 is 1.93 bits per heavy atom. The fraction of sp³-hybridized carbons (Fsp3) is 0.636. The van der Waals surface area contributed by atoms with Crippen LogP contribution in [0, 0.1) is 0 Å². The van der Waals surface area contributed by atoms with Crippen LogP contribution in [-0.4, -0.2) is 42.4 Å². The molecule has 28 heavy (non-hydrogen) atoms. The van der Waals surface area contributed by atoms with Crippen LogP contribution in [0.5, 0.6) is 0 Å². The lowest BCUT2D eigenvalue weighted by Gasteiger charge is -2.25. The van der Waals surface area contributed by atoms with Gasteiger partial charge in [-0.15, -0.1) is 0 Å². The van der Waals surface area contributed by atoms with Crippen LogP contribution in [0.25, 0.3) is 0 Å². The van der Waals surface area contributed by atoms with Gasteiger partial charge in [0.25, 0.3) is 0 Å². The van der Waals surface area contributed by atoms with Gasteiger partial charge >= 0.3 is 5.97 Å². The summed E-state index contributed by atoms with van der Waals surface area (Å²) >= 11 is 0. The summed E-state index contributed by atoms with van der Waals surface area (Å²) in [7, 11) is 0. The highest BCUT2D eigenvalue weighted by molar-refractivity contribution is 5.81. The van der Waals surface area contributed by atoms with E-state index < -0.39 is 18.1 Å². The second kappa shape index (κ2) is 10.0. The number of amides is 1. The van der Waals surface area contributed by atoms with Gasteiger partial charge in [0.2, 0.25) is 5.91 Å². The SMILES string of the molecule is CC(OCC1CCCCO1)C(=O)NC(CC(=O)O)c1ccc(C(C)(C)C)cc1. The van der Waals surface area contributed by atoms with Crippen molar-refractivity contribution in [3.05, 3.63) is 35.4 Å². The number of carbonyl (C=O) groups is 2. The van der Waals surface area contributed by atoms with Gasteiger partial charge in [0.05, 0.1) is 25.2 Å². The lowest BCUT2D eigenvalue weighted by atomic mass is 9.86. The molecular formula is C22H33NO5. The van der Waals surface area contributed by atoms with Gasteiger partial charge in [0, 0.05) is 6.61 Å². The van der Waals surface area contributed by atoms with Gasteiger partial charge in [-0.3, -0.25) is 9.59 Å². The van der Waals surface area contributed by atoms with Crippen LogP contribution in [0.15, 0.2) is 24.3 Å². The van der Waals surface area contributed by atoms with Gasteiger partial charge in [-0.25, -0.2) is 0 Å². The maximum Gasteiger partial charge on any atom is 0.305 e. The quantitative estimate of drug-likeness (QED) is 0.707. The normalized spacial score (nSPS) is 19.6. The van der Waals surface area contributed by atoms with Gasteiger partial charge in [-0.2, -0.15) is 0 Å². The summed E-state index contributed by atoms with van der Waals surface area (Å²) in [4.78, 5) is 23.8. The number of hydrogen-bond acceptors (Lipinski definition) is 4. The van der Waals surface area contributed by atoms with Crippen molar-refractivity contribution in [3.63, 3.8) is 0 Å². The Hall–Kier alpha value is -1.92. The number of aliphatic carboxylic acids is 1. The topological polar surface area (TPSA) is 84.9 Å². The van der Waals surface area contributed by atoms with Gasteiger partial charge in [0.1, 0.15) is 6.10 Å². The van der Waals surface area contributed by atoms with Crippen molar-refractivity contribution in [3.8, 4) is 0 Å². The van der Waals surface area contributed by atoms with Crippen molar-refractivity contribution in [1.82, 2.24) is 5.32 Å². The first kappa shape index (κ1) is 22.4. The summed E-state index contributed by atoms with van der Waals surface area (Å²) < 4.78 is 11.3. The number of hydrogen-bond donors (Lipinski definition) is 2. The zero-order valence-electron chi connectivity index (χ0n) is 17.4. The van der Waals surface area contributed by atoms with Crippen LogP contribution in [0.3, 0.4) is 0 Å². The molecule has 1 amide bonds. The number of carboxylic acids is 1. The maximum atomic E-state index is 12.5. The maximum absolute atomic E-state index is 12.5. The summed E-state index contributed by atoms with van der Waals surface area (Å²) in [6.45, 7) is 9.14. The second-order valence-corrected chi connectivity index (χ2v) is 8.50. The first-order chi connectivity index (χ1) is 13.2. The average Bonchev–Trinajstić information content (AvgIpc) is 2.65. The molecule has 2 rings (SSSR count). The van der Waals surface area contributed by atoms with Crippen LogP contribution < -0.4 is 5.32 Å². The Balaban J connectivity index is 1.98. The minimum atomic E-state index is -0.964. The average molecular weight is 392 g/mol. The fourth-order valence-electron chi connectivity index (χ4n) is 3.20. The molecule has 6 nitrogen and oxygen atoms in total. The highest BCUT2D eigenvalue weighted by Crippen LogP contribution is 2.25. The number of benzene rings is 1. The smallest absolute Gasteiger partial charge is 0.305 e. The van der Waals surface area contributed by atoms with E-state index in [0.29, 0.717) is 6.61 Å². The second-order valence-electron chi connectivity index (χ2n) is 8.50. The molecule has 1 aromatic rings. The van der Waals surface area contributed by atoms with E-state index in [4.69, 9.17) is 9.47 Å². The molecule has 1 aliphatic heterocycles. The molecule has 3 atom stereocenters. The summed E-state index contributed by atoms with van der Waals surface area (Å²) in [5.41, 5.74) is 1.93. The third-order valence-electron chi connectivity index (χ3n) is 5.05. The molecule has 0 saturated carbocycles. The number of ether oxygens (including phenoxy) is 2. The molecule has 1 aliphatic rings. The number of nitrogens with one attached hydrogen (secondary N) is 1. The molecule has 1 fully saturated rings. The van der Waals surface area contributed by atoms with E-state index in [9.17, 15) is 14.7 Å². The molecule has 1 saturated heterocycles. The van der Waals surface area contributed by atoms with E-state index in [-0.39, 0.29) is 23.8 Å². The Labute approximate surface area is 167 Å². The number of carbonyl (C=O) groups excluding carboxylic acids is 1. The summed E-state index contributed by atoms with van der Waals surface area (Å²) in [5, 5.41) is 12.1. The molecule has 6 heteroatoms. The molecule has 0 radical (unpaired) electrons. The molecule has 0 aromatic heterocycles. The Kier molecular flexibility index (Phi) is 8.01. The summed E-state index contributed by atoms with van der Waals surface area (Å²) in [6.07, 6.45) is 2.30. The van der Waals surface area contributed by atoms with Gasteiger partial charge < -0.3 is 19.9 Å². The van der Waals surface area contributed by atoms with Crippen LogP contribution in [0.1, 0.15) is 70.5 Å². The minimum Gasteiger partial charge on any atom is -0.481 e. The summed E-state index contributed by atoms with van der Waals surface area (Å²) in [6, 6.07) is 7.13. The van der Waals surface area contributed by atoms with Crippen molar-refractivity contribution < 1.29 is 24.2 Å². The zero-order chi connectivity index (χ0) is 20.7. The zero-order valence-corrected chi connectivity index (χ0v) is 17.4. The largest absolute Gasteiger partial charge is 0.481 e. The van der Waals surface area contributed by atoms with Crippen molar-refractivity contribution in [2.45, 2.75) is 77.0 Å². The fourth-order valence-corrected chi connectivity index (χ4v) is 3.20. The summed E-state index contributed by atoms with van der Waals surface area (Å²) in [5.74, 6) is -1.28. The molecule has 156 valence electrons. The first-order valence-corrected chi connectivity index (χ1v) is 10.0. The predicted octanol–water partition coefficient (Wildman–Crippen LogP) is 3.59. The van der Waals surface area contributed by atoms with Crippen LogP contribution >= 0.6 is 0 Å². The Morgan fingerprint density at radius 1 is 1.25 bits per heavy atom. The molecule has 3 unspecified atom stereocenters. The van der Waals surface area contributed by atoms with Crippen LogP contribution in [-0.2, 0) is 24.5 Å². The monoisotopic (exact) mass is 391 g/mol. The minimum absolute atomic E-state index is 0.00756. The van der Waals surface area contributed by atoms with Crippen LogP contribution in [0.4, 0.5) is 0 Å². The molecule has 1 aromatic carbocycles. The molecule has 0 aliphatic carbocycles. The molecule has 2 N–H and O–H groups in total. The molecular weight excluding hydrogens is 358 g/mol. The third-order valence-corrected chi connectivity index (χ3v) is 5.05. The predicted molar refractivity (Wildman–Crippen MR) is 107 cm³/mol. The van der Waals surface area contributed by atoms with E-state index in [2.05, 4.69) is 26.1 Å². The van der Waals surface area contributed by atoms with Gasteiger partial charge in [-0.05, 0) is 42.7 Å². The van der Waals surface area contributed by atoms with E-state index in [1.165, 1.54) is 0 Å². The van der Waals surface area contributed by atoms with Crippen molar-refractivity contribution >= 4 is 11.9 Å². The molecule has 1 heterocycles. The Bertz CT molecular complexity index is 644. The Morgan fingerprint density at radius 3 is 2.46 bits per heavy atom. The number of rotatable bonds is 8. The highest BCUT2D eigenvalue weighted by atomic mass is 16.5. The molecule has 0 bridgehead atoms. The lowest BCUT2D eigenvalue weighted by Crippen LogP contribution is -2.39. The van der Waals surface area contributed by atoms with E-state index in [1.807, 2.05) is 24.3 Å². The van der Waals surface area contributed by atoms with Gasteiger partial charge in [-0.1, -0.05) is 45.0 Å². The van der Waals surface area contributed by atoms with E-state index in [1.54, 1.807) is 6.92 Å². The standard InChI is InChI=1S/C22H33NO5/c1-15(28-14-18-7-5-6-12-27-18)21(26)23-19(13-20(24)25)16-8-10-17(11-9-16)22(2,3)4/h8-11,15,18-19H,5-7,12-14H2,1-4H3,(H,23,26)(H,24,25). The number of carboxylic acid groups (broad SMARTS) is 1. The highest BCUT2D eigenvalue weighted by Gasteiger charge is 2.24. The van der Waals surface area contributed by atoms with Crippen molar-refractivity contribution in [2.24, 2.45) is 0 Å². The first-order valence-electron chi connectivity index (χ1n) is 10.0.